The molecule has 0 fully saturated rings. The first-order valence-corrected chi connectivity index (χ1v) is 7.84. The highest BCUT2D eigenvalue weighted by atomic mass is 16.5. The van der Waals surface area contributed by atoms with Gasteiger partial charge >= 0.3 is 12.0 Å². The van der Waals surface area contributed by atoms with Gasteiger partial charge in [0.25, 0.3) is 0 Å². The van der Waals surface area contributed by atoms with Crippen LogP contribution in [0.1, 0.15) is 25.3 Å². The molecule has 9 heteroatoms. The smallest absolute Gasteiger partial charge is 0.319 e. The van der Waals surface area contributed by atoms with E-state index in [0.29, 0.717) is 17.9 Å². The van der Waals surface area contributed by atoms with Gasteiger partial charge in [-0.25, -0.2) is 4.79 Å². The number of rotatable bonds is 9. The average molecular weight is 349 g/mol. The maximum absolute atomic E-state index is 11.8. The van der Waals surface area contributed by atoms with Crippen LogP contribution in [-0.2, 0) is 14.3 Å². The Hall–Kier alpha value is -3.10. The van der Waals surface area contributed by atoms with Crippen molar-refractivity contribution in [1.29, 1.82) is 5.41 Å². The number of esters is 1. The molecule has 0 aliphatic carbocycles. The lowest BCUT2D eigenvalue weighted by molar-refractivity contribution is -0.143. The van der Waals surface area contributed by atoms with E-state index in [0.717, 1.165) is 0 Å². The summed E-state index contributed by atoms with van der Waals surface area (Å²) in [6, 6.07) is 6.15. The number of hydrogen-bond donors (Lipinski definition) is 5. The first-order chi connectivity index (χ1) is 11.9. The molecule has 3 amide bonds. The number of anilines is 1. The van der Waals surface area contributed by atoms with Crippen molar-refractivity contribution in [1.82, 2.24) is 10.6 Å². The second-order valence-electron chi connectivity index (χ2n) is 5.00. The lowest BCUT2D eigenvalue weighted by Crippen LogP contribution is -2.34. The minimum Gasteiger partial charge on any atom is -0.466 e. The van der Waals surface area contributed by atoms with Crippen molar-refractivity contribution < 1.29 is 19.1 Å². The zero-order valence-electron chi connectivity index (χ0n) is 14.1. The molecule has 9 nitrogen and oxygen atoms in total. The van der Waals surface area contributed by atoms with Crippen LogP contribution >= 0.6 is 0 Å². The van der Waals surface area contributed by atoms with Crippen LogP contribution in [0.15, 0.2) is 24.3 Å². The van der Waals surface area contributed by atoms with Gasteiger partial charge in [0.15, 0.2) is 0 Å². The van der Waals surface area contributed by atoms with Gasteiger partial charge < -0.3 is 26.4 Å². The number of hydrogen-bond acceptors (Lipinski definition) is 5. The second-order valence-corrected chi connectivity index (χ2v) is 5.00. The predicted molar refractivity (Wildman–Crippen MR) is 93.4 cm³/mol. The van der Waals surface area contributed by atoms with Crippen LogP contribution in [-0.4, -0.2) is 43.4 Å². The van der Waals surface area contributed by atoms with Crippen LogP contribution in [0.3, 0.4) is 0 Å². The number of para-hydroxylation sites is 1. The van der Waals surface area contributed by atoms with Crippen LogP contribution in [0, 0.1) is 5.41 Å². The molecule has 136 valence electrons. The second kappa shape index (κ2) is 10.6. The summed E-state index contributed by atoms with van der Waals surface area (Å²) in [5.74, 6) is -0.810. The Bertz CT molecular complexity index is 633. The van der Waals surface area contributed by atoms with E-state index in [1.807, 2.05) is 0 Å². The van der Waals surface area contributed by atoms with E-state index >= 15 is 0 Å². The molecule has 0 radical (unpaired) electrons. The highest BCUT2D eigenvalue weighted by Crippen LogP contribution is 2.13. The Kier molecular flexibility index (Phi) is 8.48. The lowest BCUT2D eigenvalue weighted by atomic mass is 10.1. The van der Waals surface area contributed by atoms with Gasteiger partial charge in [0, 0.05) is 25.1 Å². The standard InChI is InChI=1S/C16H23N5O4/c1-2-25-14(23)8-10-19-13(22)7-9-20-16(24)21-12-6-4-3-5-11(12)15(17)18/h3-6H,2,7-10H2,1H3,(H3,17,18)(H,19,22)(H2,20,21,24). The summed E-state index contributed by atoms with van der Waals surface area (Å²) in [4.78, 5) is 34.5. The fourth-order valence-electron chi connectivity index (χ4n) is 1.91. The Labute approximate surface area is 145 Å². The van der Waals surface area contributed by atoms with Crippen LogP contribution in [0.25, 0.3) is 0 Å². The van der Waals surface area contributed by atoms with Crippen molar-refractivity contribution in [3.05, 3.63) is 29.8 Å². The molecular formula is C16H23N5O4. The van der Waals surface area contributed by atoms with Crippen LogP contribution in [0.2, 0.25) is 0 Å². The summed E-state index contributed by atoms with van der Waals surface area (Å²) in [6.07, 6.45) is 0.180. The molecule has 6 N–H and O–H groups in total. The summed E-state index contributed by atoms with van der Waals surface area (Å²) < 4.78 is 4.74. The first kappa shape index (κ1) is 19.9. The number of carbonyl (C=O) groups is 3. The maximum atomic E-state index is 11.8. The number of nitrogens with one attached hydrogen (secondary N) is 4. The minimum absolute atomic E-state index is 0.0740. The SMILES string of the molecule is CCOC(=O)CCNC(=O)CCNC(=O)Nc1ccccc1C(=N)N. The third kappa shape index (κ3) is 7.82. The molecule has 0 saturated heterocycles. The van der Waals surface area contributed by atoms with Gasteiger partial charge in [-0.05, 0) is 19.1 Å². The van der Waals surface area contributed by atoms with E-state index in [1.54, 1.807) is 31.2 Å². The molecule has 0 spiro atoms. The third-order valence-electron chi connectivity index (χ3n) is 3.06. The molecule has 0 aromatic heterocycles. The molecule has 1 aromatic rings. The van der Waals surface area contributed by atoms with Crippen molar-refractivity contribution in [3.8, 4) is 0 Å². The predicted octanol–water partition coefficient (Wildman–Crippen LogP) is 0.552. The number of amidine groups is 1. The van der Waals surface area contributed by atoms with Crippen LogP contribution in [0.5, 0.6) is 0 Å². The summed E-state index contributed by atoms with van der Waals surface area (Å²) in [6.45, 7) is 2.33. The van der Waals surface area contributed by atoms with E-state index in [2.05, 4.69) is 16.0 Å². The van der Waals surface area contributed by atoms with Crippen molar-refractivity contribution in [2.45, 2.75) is 19.8 Å². The molecule has 0 aliphatic rings. The zero-order chi connectivity index (χ0) is 18.7. The zero-order valence-corrected chi connectivity index (χ0v) is 14.1. The minimum atomic E-state index is -0.506. The van der Waals surface area contributed by atoms with Gasteiger partial charge in [-0.1, -0.05) is 12.1 Å². The molecule has 1 rings (SSSR count). The number of urea groups is 1. The molecule has 1 aromatic carbocycles. The number of benzene rings is 1. The monoisotopic (exact) mass is 349 g/mol. The van der Waals surface area contributed by atoms with E-state index in [9.17, 15) is 14.4 Å². The van der Waals surface area contributed by atoms with Crippen LogP contribution in [0.4, 0.5) is 10.5 Å². The van der Waals surface area contributed by atoms with Crippen molar-refractivity contribution in [3.63, 3.8) is 0 Å². The first-order valence-electron chi connectivity index (χ1n) is 7.84. The maximum Gasteiger partial charge on any atom is 0.319 e. The summed E-state index contributed by atoms with van der Waals surface area (Å²) >= 11 is 0. The molecule has 0 heterocycles. The molecule has 0 bridgehead atoms. The molecule has 0 unspecified atom stereocenters. The Morgan fingerprint density at radius 1 is 1.12 bits per heavy atom. The van der Waals surface area contributed by atoms with E-state index in [-0.39, 0.29) is 43.6 Å². The van der Waals surface area contributed by atoms with Crippen molar-refractivity contribution in [2.75, 3.05) is 25.0 Å². The Morgan fingerprint density at radius 2 is 1.80 bits per heavy atom. The molecule has 0 saturated carbocycles. The average Bonchev–Trinajstić information content (AvgIpc) is 2.55. The van der Waals surface area contributed by atoms with Gasteiger partial charge in [0.05, 0.1) is 18.7 Å². The Balaban J connectivity index is 2.28. The Morgan fingerprint density at radius 3 is 2.48 bits per heavy atom. The van der Waals surface area contributed by atoms with Gasteiger partial charge in [-0.2, -0.15) is 0 Å². The lowest BCUT2D eigenvalue weighted by Gasteiger charge is -2.11. The van der Waals surface area contributed by atoms with Crippen molar-refractivity contribution in [2.24, 2.45) is 5.73 Å². The number of amides is 3. The number of ether oxygens (including phenoxy) is 1. The number of nitrogen functional groups attached to an aromatic ring is 1. The molecule has 0 aliphatic heterocycles. The number of nitrogens with two attached hydrogens (primary N) is 1. The van der Waals surface area contributed by atoms with E-state index < -0.39 is 6.03 Å². The topological polar surface area (TPSA) is 146 Å². The fraction of sp³-hybridized carbons (Fsp3) is 0.375. The molecule has 25 heavy (non-hydrogen) atoms. The quantitative estimate of drug-likeness (QED) is 0.251. The highest BCUT2D eigenvalue weighted by molar-refractivity contribution is 6.03. The van der Waals surface area contributed by atoms with Crippen LogP contribution < -0.4 is 21.7 Å². The normalized spacial score (nSPS) is 9.80. The van der Waals surface area contributed by atoms with E-state index in [4.69, 9.17) is 15.9 Å². The summed E-state index contributed by atoms with van der Waals surface area (Å²) in [5, 5.41) is 15.1. The highest BCUT2D eigenvalue weighted by Gasteiger charge is 2.09. The van der Waals surface area contributed by atoms with Gasteiger partial charge in [0.2, 0.25) is 5.91 Å². The third-order valence-corrected chi connectivity index (χ3v) is 3.06. The largest absolute Gasteiger partial charge is 0.466 e. The fourth-order valence-corrected chi connectivity index (χ4v) is 1.91. The summed E-state index contributed by atoms with van der Waals surface area (Å²) in [7, 11) is 0. The summed E-state index contributed by atoms with van der Waals surface area (Å²) in [5.41, 5.74) is 6.26. The van der Waals surface area contributed by atoms with Gasteiger partial charge in [-0.3, -0.25) is 15.0 Å². The van der Waals surface area contributed by atoms with E-state index in [1.165, 1.54) is 0 Å². The number of carbonyl (C=O) groups excluding carboxylic acids is 3. The van der Waals surface area contributed by atoms with Crippen molar-refractivity contribution >= 4 is 29.4 Å². The van der Waals surface area contributed by atoms with Gasteiger partial charge in [-0.15, -0.1) is 0 Å². The van der Waals surface area contributed by atoms with Gasteiger partial charge in [0.1, 0.15) is 5.84 Å². The molecule has 0 atom stereocenters. The molecular weight excluding hydrogens is 326 g/mol.